The van der Waals surface area contributed by atoms with Gasteiger partial charge in [0.25, 0.3) is 0 Å². The lowest BCUT2D eigenvalue weighted by Crippen LogP contribution is -2.26. The lowest BCUT2D eigenvalue weighted by atomic mass is 10.0. The molecule has 1 heterocycles. The molecule has 17 heavy (non-hydrogen) atoms. The van der Waals surface area contributed by atoms with Gasteiger partial charge in [-0.2, -0.15) is 5.10 Å². The molecule has 98 valence electrons. The number of nitrogens with two attached hydrogens (primary N) is 1. The van der Waals surface area contributed by atoms with E-state index in [2.05, 4.69) is 38.1 Å². The molecule has 0 fully saturated rings. The van der Waals surface area contributed by atoms with Gasteiger partial charge in [0.1, 0.15) is 5.82 Å². The smallest absolute Gasteiger partial charge is 0.148 e. The van der Waals surface area contributed by atoms with Crippen LogP contribution in [0.15, 0.2) is 0 Å². The number of hydrogen-bond acceptors (Lipinski definition) is 3. The Morgan fingerprint density at radius 3 is 2.47 bits per heavy atom. The van der Waals surface area contributed by atoms with Crippen molar-refractivity contribution in [1.29, 1.82) is 0 Å². The van der Waals surface area contributed by atoms with Gasteiger partial charge in [-0.15, -0.1) is 0 Å². The van der Waals surface area contributed by atoms with Crippen molar-refractivity contribution in [2.24, 2.45) is 13.0 Å². The zero-order valence-corrected chi connectivity index (χ0v) is 11.7. The van der Waals surface area contributed by atoms with E-state index in [0.29, 0.717) is 12.0 Å². The van der Waals surface area contributed by atoms with Gasteiger partial charge in [0.05, 0.1) is 11.4 Å². The maximum atomic E-state index is 6.15. The van der Waals surface area contributed by atoms with E-state index < -0.39 is 0 Å². The van der Waals surface area contributed by atoms with Crippen LogP contribution in [-0.4, -0.2) is 15.8 Å². The highest BCUT2D eigenvalue weighted by atomic mass is 15.3. The lowest BCUT2D eigenvalue weighted by Gasteiger charge is -2.22. The fraction of sp³-hybridized carbons (Fsp3) is 0.769. The summed E-state index contributed by atoms with van der Waals surface area (Å²) in [5.74, 6) is 1.55. The standard InChI is InChI=1S/C13H26N4/c1-6-8-11-12(14)13(17(5)16-11)15-10(7-2)9(3)4/h9-10,15H,6-8,14H2,1-5H3. The average molecular weight is 238 g/mol. The van der Waals surface area contributed by atoms with Crippen molar-refractivity contribution in [2.45, 2.75) is 53.0 Å². The van der Waals surface area contributed by atoms with Crippen LogP contribution in [0.25, 0.3) is 0 Å². The number of hydrogen-bond donors (Lipinski definition) is 2. The summed E-state index contributed by atoms with van der Waals surface area (Å²) in [4.78, 5) is 0. The van der Waals surface area contributed by atoms with Gasteiger partial charge in [-0.1, -0.05) is 34.1 Å². The minimum atomic E-state index is 0.446. The SMILES string of the molecule is CCCc1nn(C)c(NC(CC)C(C)C)c1N. The summed E-state index contributed by atoms with van der Waals surface area (Å²) in [7, 11) is 1.95. The fourth-order valence-corrected chi connectivity index (χ4v) is 2.10. The molecule has 3 N–H and O–H groups in total. The second kappa shape index (κ2) is 5.94. The summed E-state index contributed by atoms with van der Waals surface area (Å²) in [6, 6.07) is 0.446. The molecule has 0 aliphatic heterocycles. The molecule has 1 aromatic rings. The van der Waals surface area contributed by atoms with E-state index in [9.17, 15) is 0 Å². The van der Waals surface area contributed by atoms with Crippen molar-refractivity contribution in [3.05, 3.63) is 5.69 Å². The highest BCUT2D eigenvalue weighted by Gasteiger charge is 2.17. The Morgan fingerprint density at radius 1 is 1.35 bits per heavy atom. The number of nitrogens with one attached hydrogen (secondary N) is 1. The molecular formula is C13H26N4. The van der Waals surface area contributed by atoms with Crippen molar-refractivity contribution in [3.8, 4) is 0 Å². The zero-order chi connectivity index (χ0) is 13.0. The number of aryl methyl sites for hydroxylation is 2. The minimum Gasteiger partial charge on any atom is -0.394 e. The van der Waals surface area contributed by atoms with Gasteiger partial charge in [0, 0.05) is 13.1 Å². The molecule has 1 aromatic heterocycles. The number of aromatic nitrogens is 2. The van der Waals surface area contributed by atoms with Crippen molar-refractivity contribution in [3.63, 3.8) is 0 Å². The molecule has 0 aromatic carbocycles. The van der Waals surface area contributed by atoms with Gasteiger partial charge >= 0.3 is 0 Å². The zero-order valence-electron chi connectivity index (χ0n) is 11.7. The van der Waals surface area contributed by atoms with Crippen molar-refractivity contribution >= 4 is 11.5 Å². The molecule has 0 bridgehead atoms. The Balaban J connectivity index is 2.90. The largest absolute Gasteiger partial charge is 0.394 e. The first-order valence-electron chi connectivity index (χ1n) is 6.59. The predicted molar refractivity (Wildman–Crippen MR) is 74.2 cm³/mol. The highest BCUT2D eigenvalue weighted by molar-refractivity contribution is 5.65. The van der Waals surface area contributed by atoms with E-state index in [1.54, 1.807) is 0 Å². The molecule has 1 unspecified atom stereocenters. The summed E-state index contributed by atoms with van der Waals surface area (Å²) >= 11 is 0. The number of rotatable bonds is 6. The Labute approximate surface area is 105 Å². The second-order valence-electron chi connectivity index (χ2n) is 4.99. The van der Waals surface area contributed by atoms with Crippen molar-refractivity contribution in [1.82, 2.24) is 9.78 Å². The third kappa shape index (κ3) is 3.14. The third-order valence-electron chi connectivity index (χ3n) is 3.21. The van der Waals surface area contributed by atoms with E-state index in [1.165, 1.54) is 0 Å². The fourth-order valence-electron chi connectivity index (χ4n) is 2.10. The lowest BCUT2D eigenvalue weighted by molar-refractivity contribution is 0.506. The van der Waals surface area contributed by atoms with E-state index >= 15 is 0 Å². The first-order chi connectivity index (χ1) is 8.01. The highest BCUT2D eigenvalue weighted by Crippen LogP contribution is 2.25. The predicted octanol–water partition coefficient (Wildman–Crippen LogP) is 2.80. The molecule has 1 rings (SSSR count). The van der Waals surface area contributed by atoms with Gasteiger partial charge in [-0.3, -0.25) is 4.68 Å². The van der Waals surface area contributed by atoms with Crippen LogP contribution in [0.1, 0.15) is 46.2 Å². The van der Waals surface area contributed by atoms with Crippen LogP contribution >= 0.6 is 0 Å². The van der Waals surface area contributed by atoms with Crippen LogP contribution in [-0.2, 0) is 13.5 Å². The summed E-state index contributed by atoms with van der Waals surface area (Å²) in [5.41, 5.74) is 7.97. The topological polar surface area (TPSA) is 55.9 Å². The average Bonchev–Trinajstić information content (AvgIpc) is 2.52. The molecule has 0 aliphatic carbocycles. The van der Waals surface area contributed by atoms with Crippen LogP contribution in [0.4, 0.5) is 11.5 Å². The monoisotopic (exact) mass is 238 g/mol. The van der Waals surface area contributed by atoms with E-state index in [1.807, 2.05) is 11.7 Å². The molecule has 0 aliphatic rings. The number of nitrogen functional groups attached to an aromatic ring is 1. The molecule has 0 amide bonds. The maximum Gasteiger partial charge on any atom is 0.148 e. The Hall–Kier alpha value is -1.19. The Morgan fingerprint density at radius 2 is 2.00 bits per heavy atom. The summed E-state index contributed by atoms with van der Waals surface area (Å²) in [6.45, 7) is 8.78. The molecule has 4 nitrogen and oxygen atoms in total. The van der Waals surface area contributed by atoms with Gasteiger partial charge in [0.15, 0.2) is 0 Å². The molecule has 0 spiro atoms. The van der Waals surface area contributed by atoms with Gasteiger partial charge in [-0.05, 0) is 18.8 Å². The first-order valence-corrected chi connectivity index (χ1v) is 6.59. The Kier molecular flexibility index (Phi) is 4.85. The molecule has 0 saturated carbocycles. The maximum absolute atomic E-state index is 6.15. The van der Waals surface area contributed by atoms with E-state index in [0.717, 1.165) is 36.5 Å². The van der Waals surface area contributed by atoms with Crippen LogP contribution in [0.2, 0.25) is 0 Å². The van der Waals surface area contributed by atoms with Crippen LogP contribution < -0.4 is 11.1 Å². The van der Waals surface area contributed by atoms with Gasteiger partial charge in [-0.25, -0.2) is 0 Å². The van der Waals surface area contributed by atoms with Crippen LogP contribution in [0, 0.1) is 5.92 Å². The van der Waals surface area contributed by atoms with Crippen molar-refractivity contribution in [2.75, 3.05) is 11.1 Å². The van der Waals surface area contributed by atoms with Crippen LogP contribution in [0.3, 0.4) is 0 Å². The van der Waals surface area contributed by atoms with E-state index in [-0.39, 0.29) is 0 Å². The minimum absolute atomic E-state index is 0.446. The molecule has 1 atom stereocenters. The second-order valence-corrected chi connectivity index (χ2v) is 4.99. The quantitative estimate of drug-likeness (QED) is 0.801. The number of anilines is 2. The van der Waals surface area contributed by atoms with Crippen LogP contribution in [0.5, 0.6) is 0 Å². The Bertz CT molecular complexity index is 355. The normalized spacial score (nSPS) is 13.1. The summed E-state index contributed by atoms with van der Waals surface area (Å²) in [5, 5.41) is 7.99. The van der Waals surface area contributed by atoms with Gasteiger partial charge < -0.3 is 11.1 Å². The molecule has 0 saturated heterocycles. The first kappa shape index (κ1) is 13.9. The molecular weight excluding hydrogens is 212 g/mol. The van der Waals surface area contributed by atoms with E-state index in [4.69, 9.17) is 5.73 Å². The summed E-state index contributed by atoms with van der Waals surface area (Å²) < 4.78 is 1.87. The molecule has 4 heteroatoms. The van der Waals surface area contributed by atoms with Gasteiger partial charge in [0.2, 0.25) is 0 Å². The third-order valence-corrected chi connectivity index (χ3v) is 3.21. The molecule has 0 radical (unpaired) electrons. The number of nitrogens with zero attached hydrogens (tertiary/aromatic N) is 2. The summed E-state index contributed by atoms with van der Waals surface area (Å²) in [6.07, 6.45) is 3.10. The van der Waals surface area contributed by atoms with Crippen molar-refractivity contribution < 1.29 is 0 Å².